The van der Waals surface area contributed by atoms with Gasteiger partial charge in [0.1, 0.15) is 0 Å². The van der Waals surface area contributed by atoms with Crippen LogP contribution in [0.25, 0.3) is 0 Å². The maximum absolute atomic E-state index is 12.7. The Morgan fingerprint density at radius 1 is 1.30 bits per heavy atom. The summed E-state index contributed by atoms with van der Waals surface area (Å²) in [6, 6.07) is 6.37. The van der Waals surface area contributed by atoms with Crippen molar-refractivity contribution < 1.29 is 4.79 Å². The van der Waals surface area contributed by atoms with Crippen LogP contribution in [0.2, 0.25) is 0 Å². The van der Waals surface area contributed by atoms with Crippen molar-refractivity contribution in [2.45, 2.75) is 12.5 Å². The molecule has 5 nitrogen and oxygen atoms in total. The first-order chi connectivity index (χ1) is 9.66. The molecule has 3 rings (SSSR count). The number of likely N-dealkylation sites (tertiary alicyclic amines) is 1. The summed E-state index contributed by atoms with van der Waals surface area (Å²) in [5.41, 5.74) is 2.77. The van der Waals surface area contributed by atoms with E-state index in [2.05, 4.69) is 29.6 Å². The summed E-state index contributed by atoms with van der Waals surface area (Å²) < 4.78 is 0. The van der Waals surface area contributed by atoms with Gasteiger partial charge in [-0.3, -0.25) is 4.79 Å². The normalized spacial score (nSPS) is 21.4. The van der Waals surface area contributed by atoms with Gasteiger partial charge in [-0.15, -0.1) is 0 Å². The van der Waals surface area contributed by atoms with Crippen LogP contribution in [-0.2, 0) is 0 Å². The highest BCUT2D eigenvalue weighted by molar-refractivity contribution is 6.03. The lowest BCUT2D eigenvalue weighted by atomic mass is 10.1. The molecular formula is C15H22N4O. The van der Waals surface area contributed by atoms with E-state index in [0.717, 1.165) is 49.5 Å². The summed E-state index contributed by atoms with van der Waals surface area (Å²) in [4.78, 5) is 16.9. The third kappa shape index (κ3) is 2.33. The summed E-state index contributed by atoms with van der Waals surface area (Å²) >= 11 is 0. The number of amides is 1. The van der Waals surface area contributed by atoms with E-state index >= 15 is 0 Å². The van der Waals surface area contributed by atoms with Crippen LogP contribution in [0.4, 0.5) is 11.4 Å². The lowest BCUT2D eigenvalue weighted by Gasteiger charge is -2.25. The Morgan fingerprint density at radius 3 is 2.85 bits per heavy atom. The first-order valence-electron chi connectivity index (χ1n) is 7.23. The number of likely N-dealkylation sites (N-methyl/N-ethyl adjacent to an activating group) is 1. The van der Waals surface area contributed by atoms with Crippen molar-refractivity contribution in [2.24, 2.45) is 0 Å². The smallest absolute Gasteiger partial charge is 0.256 e. The van der Waals surface area contributed by atoms with Crippen molar-refractivity contribution >= 4 is 17.3 Å². The Kier molecular flexibility index (Phi) is 3.53. The molecule has 0 saturated carbocycles. The van der Waals surface area contributed by atoms with E-state index < -0.39 is 0 Å². The molecule has 1 amide bonds. The molecule has 0 spiro atoms. The molecule has 1 saturated heterocycles. The van der Waals surface area contributed by atoms with E-state index in [4.69, 9.17) is 0 Å². The molecule has 1 aromatic carbocycles. The van der Waals surface area contributed by atoms with E-state index in [1.165, 1.54) is 0 Å². The average molecular weight is 274 g/mol. The quantitative estimate of drug-likeness (QED) is 0.853. The molecule has 0 radical (unpaired) electrons. The number of rotatable bonds is 2. The minimum absolute atomic E-state index is 0.141. The second-order valence-electron chi connectivity index (χ2n) is 5.74. The Bertz CT molecular complexity index is 515. The van der Waals surface area contributed by atoms with E-state index in [9.17, 15) is 4.79 Å². The van der Waals surface area contributed by atoms with Crippen LogP contribution in [0, 0.1) is 0 Å². The van der Waals surface area contributed by atoms with Crippen molar-refractivity contribution in [3.8, 4) is 0 Å². The van der Waals surface area contributed by atoms with Gasteiger partial charge in [0.2, 0.25) is 0 Å². The number of fused-ring (bicyclic) bond motifs is 1. The van der Waals surface area contributed by atoms with Gasteiger partial charge in [0.25, 0.3) is 5.91 Å². The molecule has 20 heavy (non-hydrogen) atoms. The van der Waals surface area contributed by atoms with Crippen LogP contribution in [0.5, 0.6) is 0 Å². The topological polar surface area (TPSA) is 47.6 Å². The van der Waals surface area contributed by atoms with Gasteiger partial charge in [-0.2, -0.15) is 0 Å². The van der Waals surface area contributed by atoms with Gasteiger partial charge in [0.15, 0.2) is 0 Å². The van der Waals surface area contributed by atoms with Crippen LogP contribution in [0.15, 0.2) is 18.2 Å². The molecule has 2 aliphatic rings. The van der Waals surface area contributed by atoms with Crippen molar-refractivity contribution in [1.82, 2.24) is 9.80 Å². The number of nitrogens with one attached hydrogen (secondary N) is 2. The zero-order valence-electron chi connectivity index (χ0n) is 12.1. The Hall–Kier alpha value is -1.75. The molecular weight excluding hydrogens is 252 g/mol. The molecule has 0 aliphatic carbocycles. The van der Waals surface area contributed by atoms with Crippen molar-refractivity contribution in [1.29, 1.82) is 0 Å². The van der Waals surface area contributed by atoms with Crippen molar-refractivity contribution in [3.63, 3.8) is 0 Å². The number of para-hydroxylation sites is 1. The summed E-state index contributed by atoms with van der Waals surface area (Å²) in [6.07, 6.45) is 1.06. The van der Waals surface area contributed by atoms with E-state index in [0.29, 0.717) is 6.04 Å². The zero-order chi connectivity index (χ0) is 14.1. The lowest BCUT2D eigenvalue weighted by Crippen LogP contribution is -2.35. The van der Waals surface area contributed by atoms with Gasteiger partial charge in [-0.1, -0.05) is 6.07 Å². The summed E-state index contributed by atoms with van der Waals surface area (Å²) in [6.45, 7) is 3.43. The number of nitrogens with zero attached hydrogens (tertiary/aromatic N) is 2. The van der Waals surface area contributed by atoms with Crippen molar-refractivity contribution in [2.75, 3.05) is 50.9 Å². The Morgan fingerprint density at radius 2 is 2.10 bits per heavy atom. The maximum Gasteiger partial charge on any atom is 0.256 e. The monoisotopic (exact) mass is 274 g/mol. The molecule has 5 heteroatoms. The third-order valence-electron chi connectivity index (χ3n) is 4.22. The van der Waals surface area contributed by atoms with Gasteiger partial charge in [0, 0.05) is 32.2 Å². The Labute approximate surface area is 119 Å². The summed E-state index contributed by atoms with van der Waals surface area (Å²) in [7, 11) is 4.16. The van der Waals surface area contributed by atoms with Crippen LogP contribution in [0.1, 0.15) is 16.8 Å². The van der Waals surface area contributed by atoms with Crippen LogP contribution in [0.3, 0.4) is 0 Å². The second-order valence-corrected chi connectivity index (χ2v) is 5.74. The molecule has 0 aromatic heterocycles. The molecule has 1 atom stereocenters. The van der Waals surface area contributed by atoms with Crippen LogP contribution < -0.4 is 10.6 Å². The number of hydrogen-bond donors (Lipinski definition) is 2. The SMILES string of the molecule is CN(C)C1CCN(C(=O)c2cccc3c2NCCN3)C1. The largest absolute Gasteiger partial charge is 0.382 e. The number of hydrogen-bond acceptors (Lipinski definition) is 4. The van der Waals surface area contributed by atoms with Crippen LogP contribution >= 0.6 is 0 Å². The summed E-state index contributed by atoms with van der Waals surface area (Å²) in [5.74, 6) is 0.141. The first kappa shape index (κ1) is 13.2. The predicted molar refractivity (Wildman–Crippen MR) is 81.4 cm³/mol. The molecule has 2 aliphatic heterocycles. The second kappa shape index (κ2) is 5.32. The zero-order valence-corrected chi connectivity index (χ0v) is 12.1. The number of carbonyl (C=O) groups is 1. The van der Waals surface area contributed by atoms with E-state index in [1.807, 2.05) is 23.1 Å². The standard InChI is InChI=1S/C15H22N4O/c1-18(2)11-6-9-19(10-11)15(20)12-4-3-5-13-14(12)17-8-7-16-13/h3-5,11,16-17H,6-10H2,1-2H3. The highest BCUT2D eigenvalue weighted by Gasteiger charge is 2.29. The minimum Gasteiger partial charge on any atom is -0.382 e. The molecule has 1 fully saturated rings. The molecule has 1 unspecified atom stereocenters. The fraction of sp³-hybridized carbons (Fsp3) is 0.533. The number of carbonyl (C=O) groups excluding carboxylic acids is 1. The average Bonchev–Trinajstić information content (AvgIpc) is 2.96. The van der Waals surface area contributed by atoms with E-state index in [-0.39, 0.29) is 5.91 Å². The van der Waals surface area contributed by atoms with Gasteiger partial charge < -0.3 is 20.4 Å². The van der Waals surface area contributed by atoms with Crippen molar-refractivity contribution in [3.05, 3.63) is 23.8 Å². The predicted octanol–water partition coefficient (Wildman–Crippen LogP) is 1.30. The Balaban J connectivity index is 1.81. The first-order valence-corrected chi connectivity index (χ1v) is 7.23. The fourth-order valence-electron chi connectivity index (χ4n) is 2.97. The number of benzene rings is 1. The van der Waals surface area contributed by atoms with Gasteiger partial charge >= 0.3 is 0 Å². The fourth-order valence-corrected chi connectivity index (χ4v) is 2.97. The van der Waals surface area contributed by atoms with Crippen LogP contribution in [-0.4, -0.2) is 62.0 Å². The lowest BCUT2D eigenvalue weighted by molar-refractivity contribution is 0.0784. The minimum atomic E-state index is 0.141. The number of anilines is 2. The molecule has 108 valence electrons. The molecule has 1 aromatic rings. The molecule has 2 heterocycles. The molecule has 2 N–H and O–H groups in total. The van der Waals surface area contributed by atoms with Gasteiger partial charge in [0.05, 0.1) is 16.9 Å². The third-order valence-corrected chi connectivity index (χ3v) is 4.22. The maximum atomic E-state index is 12.7. The highest BCUT2D eigenvalue weighted by Crippen LogP contribution is 2.30. The van der Waals surface area contributed by atoms with Gasteiger partial charge in [-0.25, -0.2) is 0 Å². The molecule has 0 bridgehead atoms. The van der Waals surface area contributed by atoms with Gasteiger partial charge in [-0.05, 0) is 32.6 Å². The highest BCUT2D eigenvalue weighted by atomic mass is 16.2. The van der Waals surface area contributed by atoms with E-state index in [1.54, 1.807) is 0 Å². The summed E-state index contributed by atoms with van der Waals surface area (Å²) in [5, 5.41) is 6.68.